The van der Waals surface area contributed by atoms with E-state index < -0.39 is 5.60 Å². The summed E-state index contributed by atoms with van der Waals surface area (Å²) >= 11 is 1.76. The summed E-state index contributed by atoms with van der Waals surface area (Å²) < 4.78 is 5.50. The number of benzene rings is 1. The second kappa shape index (κ2) is 8.55. The molecule has 0 saturated carbocycles. The average molecular weight is 405 g/mol. The third-order valence-electron chi connectivity index (χ3n) is 4.86. The second-order valence-corrected chi connectivity index (χ2v) is 9.36. The normalized spacial score (nSPS) is 19.3. The first-order chi connectivity index (χ1) is 13.3. The van der Waals surface area contributed by atoms with Crippen molar-refractivity contribution in [1.29, 1.82) is 0 Å². The van der Waals surface area contributed by atoms with Gasteiger partial charge in [0, 0.05) is 24.9 Å². The Morgan fingerprint density at radius 2 is 1.82 bits per heavy atom. The molecule has 0 N–H and O–H groups in total. The molecular formula is C21H28N2O4S. The zero-order chi connectivity index (χ0) is 20.3. The van der Waals surface area contributed by atoms with Crippen molar-refractivity contribution in [2.45, 2.75) is 51.7 Å². The summed E-state index contributed by atoms with van der Waals surface area (Å²) in [6.45, 7) is 6.81. The number of hydrogen-bond acceptors (Lipinski definition) is 5. The highest BCUT2D eigenvalue weighted by atomic mass is 32.2. The lowest BCUT2D eigenvalue weighted by Crippen LogP contribution is -2.40. The molecule has 152 valence electrons. The molecule has 2 aliphatic heterocycles. The molecule has 28 heavy (non-hydrogen) atoms. The van der Waals surface area contributed by atoms with Crippen LogP contribution in [0.3, 0.4) is 0 Å². The number of imide groups is 1. The molecule has 0 aromatic heterocycles. The minimum atomic E-state index is -0.482. The highest BCUT2D eigenvalue weighted by molar-refractivity contribution is 7.99. The number of fused-ring (bicyclic) bond motifs is 1. The number of rotatable bonds is 6. The van der Waals surface area contributed by atoms with Crippen LogP contribution in [0.2, 0.25) is 0 Å². The highest BCUT2D eigenvalue weighted by Gasteiger charge is 2.35. The highest BCUT2D eigenvalue weighted by Crippen LogP contribution is 2.25. The van der Waals surface area contributed by atoms with E-state index >= 15 is 0 Å². The number of likely N-dealkylation sites (tertiary alicyclic amines) is 1. The van der Waals surface area contributed by atoms with Gasteiger partial charge in [-0.15, -0.1) is 0 Å². The molecule has 0 bridgehead atoms. The quantitative estimate of drug-likeness (QED) is 0.533. The Morgan fingerprint density at radius 1 is 1.18 bits per heavy atom. The Balaban J connectivity index is 1.41. The summed E-state index contributed by atoms with van der Waals surface area (Å²) in [5.74, 6) is 1.29. The first-order valence-corrected chi connectivity index (χ1v) is 11.0. The molecule has 7 heteroatoms. The topological polar surface area (TPSA) is 66.9 Å². The maximum Gasteiger partial charge on any atom is 0.410 e. The van der Waals surface area contributed by atoms with Crippen LogP contribution in [-0.2, 0) is 4.74 Å². The Morgan fingerprint density at radius 3 is 2.43 bits per heavy atom. The van der Waals surface area contributed by atoms with Crippen LogP contribution < -0.4 is 0 Å². The standard InChI is InChI=1S/C21H28N2O4S/c1-21(2,3)27-20(26)22-11-6-8-15(22)14-28-13-7-12-23-18(24)16-9-4-5-10-17(16)19(23)25/h4-5,9-10,15H,6-8,11-14H2,1-3H3. The van der Waals surface area contributed by atoms with E-state index in [9.17, 15) is 14.4 Å². The molecule has 3 amide bonds. The zero-order valence-corrected chi connectivity index (χ0v) is 17.6. The molecule has 2 aliphatic rings. The van der Waals surface area contributed by atoms with Crippen LogP contribution in [0.1, 0.15) is 60.7 Å². The van der Waals surface area contributed by atoms with Crippen molar-refractivity contribution in [3.63, 3.8) is 0 Å². The largest absolute Gasteiger partial charge is 0.444 e. The molecule has 1 aromatic carbocycles. The van der Waals surface area contributed by atoms with Gasteiger partial charge in [-0.3, -0.25) is 14.5 Å². The zero-order valence-electron chi connectivity index (χ0n) is 16.8. The van der Waals surface area contributed by atoms with Crippen molar-refractivity contribution >= 4 is 29.7 Å². The summed E-state index contributed by atoms with van der Waals surface area (Å²) in [6, 6.07) is 7.16. The van der Waals surface area contributed by atoms with E-state index in [2.05, 4.69) is 0 Å². The van der Waals surface area contributed by atoms with Crippen LogP contribution in [0.4, 0.5) is 4.79 Å². The lowest BCUT2D eigenvalue weighted by molar-refractivity contribution is 0.0241. The van der Waals surface area contributed by atoms with E-state index in [1.807, 2.05) is 25.7 Å². The molecule has 2 heterocycles. The third-order valence-corrected chi connectivity index (χ3v) is 6.06. The van der Waals surface area contributed by atoms with Gasteiger partial charge in [-0.05, 0) is 57.9 Å². The van der Waals surface area contributed by atoms with Gasteiger partial charge in [-0.1, -0.05) is 12.1 Å². The molecule has 1 atom stereocenters. The van der Waals surface area contributed by atoms with Gasteiger partial charge in [0.15, 0.2) is 0 Å². The summed E-state index contributed by atoms with van der Waals surface area (Å²) in [5, 5.41) is 0. The van der Waals surface area contributed by atoms with Gasteiger partial charge in [0.25, 0.3) is 11.8 Å². The van der Waals surface area contributed by atoms with E-state index in [1.165, 1.54) is 4.90 Å². The predicted octanol–water partition coefficient (Wildman–Crippen LogP) is 3.81. The molecule has 1 saturated heterocycles. The van der Waals surface area contributed by atoms with Crippen LogP contribution in [0, 0.1) is 0 Å². The molecule has 0 spiro atoms. The van der Waals surface area contributed by atoms with Crippen molar-refractivity contribution in [1.82, 2.24) is 9.80 Å². The van der Waals surface area contributed by atoms with Crippen LogP contribution in [0.5, 0.6) is 0 Å². The molecule has 0 radical (unpaired) electrons. The monoisotopic (exact) mass is 404 g/mol. The average Bonchev–Trinajstić information content (AvgIpc) is 3.19. The maximum atomic E-state index is 12.4. The van der Waals surface area contributed by atoms with Gasteiger partial charge >= 0.3 is 6.09 Å². The van der Waals surface area contributed by atoms with Crippen molar-refractivity contribution < 1.29 is 19.1 Å². The minimum Gasteiger partial charge on any atom is -0.444 e. The summed E-state index contributed by atoms with van der Waals surface area (Å²) in [6.07, 6.45) is 2.50. The van der Waals surface area contributed by atoms with Crippen molar-refractivity contribution in [2.24, 2.45) is 0 Å². The Kier molecular flexibility index (Phi) is 6.33. The first kappa shape index (κ1) is 20.7. The van der Waals surface area contributed by atoms with E-state index in [0.717, 1.165) is 37.3 Å². The van der Waals surface area contributed by atoms with Crippen molar-refractivity contribution in [3.8, 4) is 0 Å². The van der Waals surface area contributed by atoms with E-state index in [0.29, 0.717) is 17.7 Å². The first-order valence-electron chi connectivity index (χ1n) is 9.80. The minimum absolute atomic E-state index is 0.194. The van der Waals surface area contributed by atoms with Crippen molar-refractivity contribution in [2.75, 3.05) is 24.6 Å². The fraction of sp³-hybridized carbons (Fsp3) is 0.571. The lowest BCUT2D eigenvalue weighted by Gasteiger charge is -2.28. The molecule has 1 aromatic rings. The smallest absolute Gasteiger partial charge is 0.410 e. The number of nitrogens with zero attached hydrogens (tertiary/aromatic N) is 2. The van der Waals surface area contributed by atoms with Gasteiger partial charge in [0.05, 0.1) is 11.1 Å². The molecule has 1 fully saturated rings. The Hall–Kier alpha value is -2.02. The fourth-order valence-electron chi connectivity index (χ4n) is 3.56. The lowest BCUT2D eigenvalue weighted by atomic mass is 10.1. The molecule has 0 aliphatic carbocycles. The Labute approximate surface area is 170 Å². The van der Waals surface area contributed by atoms with Crippen LogP contribution in [0.25, 0.3) is 0 Å². The number of hydrogen-bond donors (Lipinski definition) is 0. The molecular weight excluding hydrogens is 376 g/mol. The number of ether oxygens (including phenoxy) is 1. The molecule has 1 unspecified atom stereocenters. The predicted molar refractivity (Wildman–Crippen MR) is 110 cm³/mol. The van der Waals surface area contributed by atoms with Gasteiger partial charge in [-0.2, -0.15) is 11.8 Å². The van der Waals surface area contributed by atoms with E-state index in [-0.39, 0.29) is 23.9 Å². The van der Waals surface area contributed by atoms with Gasteiger partial charge in [0.2, 0.25) is 0 Å². The maximum absolute atomic E-state index is 12.4. The van der Waals surface area contributed by atoms with Crippen molar-refractivity contribution in [3.05, 3.63) is 35.4 Å². The van der Waals surface area contributed by atoms with Gasteiger partial charge in [-0.25, -0.2) is 4.79 Å². The summed E-state index contributed by atoms with van der Waals surface area (Å²) in [7, 11) is 0. The van der Waals surface area contributed by atoms with Crippen LogP contribution in [-0.4, -0.2) is 63.9 Å². The van der Waals surface area contributed by atoms with E-state index in [4.69, 9.17) is 4.74 Å². The summed E-state index contributed by atoms with van der Waals surface area (Å²) in [4.78, 5) is 40.2. The SMILES string of the molecule is CC(C)(C)OC(=O)N1CCCC1CSCCCN1C(=O)c2ccccc2C1=O. The van der Waals surface area contributed by atoms with Gasteiger partial charge < -0.3 is 9.64 Å². The number of carbonyl (C=O) groups excluding carboxylic acids is 3. The van der Waals surface area contributed by atoms with Gasteiger partial charge in [0.1, 0.15) is 5.60 Å². The number of thioether (sulfide) groups is 1. The third kappa shape index (κ3) is 4.69. The molecule has 6 nitrogen and oxygen atoms in total. The van der Waals surface area contributed by atoms with Crippen LogP contribution in [0.15, 0.2) is 24.3 Å². The number of carbonyl (C=O) groups is 3. The number of amides is 3. The second-order valence-electron chi connectivity index (χ2n) is 8.21. The van der Waals surface area contributed by atoms with Crippen LogP contribution >= 0.6 is 11.8 Å². The Bertz CT molecular complexity index is 724. The fourth-order valence-corrected chi connectivity index (χ4v) is 4.67. The molecule has 3 rings (SSSR count). The van der Waals surface area contributed by atoms with E-state index in [1.54, 1.807) is 36.0 Å². The summed E-state index contributed by atoms with van der Waals surface area (Å²) in [5.41, 5.74) is 0.516.